The maximum atomic E-state index is 12.6. The first-order valence-corrected chi connectivity index (χ1v) is 7.60. The molecule has 0 spiro atoms. The monoisotopic (exact) mass is 302 g/mol. The van der Waals surface area contributed by atoms with Gasteiger partial charge in [-0.3, -0.25) is 9.36 Å². The van der Waals surface area contributed by atoms with Crippen LogP contribution < -0.4 is 11.2 Å². The minimum atomic E-state index is -1.09. The number of fused-ring (bicyclic) bond motifs is 1. The molecule has 0 radical (unpaired) electrons. The fourth-order valence-electron chi connectivity index (χ4n) is 3.21. The molecule has 1 aliphatic carbocycles. The SMILES string of the molecule is O=C(O)c1ccc2c(=O)n(C3CCCCCC3)c(=O)[nH]c2c1. The highest BCUT2D eigenvalue weighted by atomic mass is 16.4. The lowest BCUT2D eigenvalue weighted by Gasteiger charge is -2.17. The summed E-state index contributed by atoms with van der Waals surface area (Å²) >= 11 is 0. The van der Waals surface area contributed by atoms with E-state index in [1.54, 1.807) is 0 Å². The number of nitrogens with zero attached hydrogens (tertiary/aromatic N) is 1. The van der Waals surface area contributed by atoms with Gasteiger partial charge in [0.15, 0.2) is 0 Å². The minimum absolute atomic E-state index is 0.0507. The fraction of sp³-hybridized carbons (Fsp3) is 0.438. The lowest BCUT2D eigenvalue weighted by molar-refractivity contribution is 0.0697. The topological polar surface area (TPSA) is 92.2 Å². The van der Waals surface area contributed by atoms with Crippen molar-refractivity contribution >= 4 is 16.9 Å². The van der Waals surface area contributed by atoms with Crippen LogP contribution in [0.3, 0.4) is 0 Å². The predicted molar refractivity (Wildman–Crippen MR) is 82.5 cm³/mol. The molecule has 0 bridgehead atoms. The number of carboxylic acid groups (broad SMARTS) is 1. The Morgan fingerprint density at radius 3 is 2.45 bits per heavy atom. The second kappa shape index (κ2) is 5.79. The van der Waals surface area contributed by atoms with Crippen LogP contribution in [0.15, 0.2) is 27.8 Å². The number of hydrogen-bond acceptors (Lipinski definition) is 3. The number of carbonyl (C=O) groups is 1. The van der Waals surface area contributed by atoms with Gasteiger partial charge in [0.25, 0.3) is 5.56 Å². The first-order valence-electron chi connectivity index (χ1n) is 7.60. The Bertz CT molecular complexity index is 826. The molecule has 0 saturated heterocycles. The van der Waals surface area contributed by atoms with Gasteiger partial charge in [-0.1, -0.05) is 25.7 Å². The standard InChI is InChI=1S/C16H18N2O4/c19-14-12-8-7-10(15(20)21)9-13(12)17-16(22)18(14)11-5-3-1-2-4-6-11/h7-9,11H,1-6H2,(H,17,22)(H,20,21). The van der Waals surface area contributed by atoms with Crippen molar-refractivity contribution in [1.82, 2.24) is 9.55 Å². The van der Waals surface area contributed by atoms with Gasteiger partial charge in [0.2, 0.25) is 0 Å². The van der Waals surface area contributed by atoms with E-state index in [1.807, 2.05) is 0 Å². The Balaban J connectivity index is 2.16. The van der Waals surface area contributed by atoms with Crippen LogP contribution in [0.5, 0.6) is 0 Å². The predicted octanol–water partition coefficient (Wildman–Crippen LogP) is 2.28. The normalized spacial score (nSPS) is 16.5. The van der Waals surface area contributed by atoms with E-state index in [2.05, 4.69) is 4.98 Å². The lowest BCUT2D eigenvalue weighted by Crippen LogP contribution is -2.38. The zero-order chi connectivity index (χ0) is 15.7. The summed E-state index contributed by atoms with van der Waals surface area (Å²) in [6.07, 6.45) is 5.99. The third kappa shape index (κ3) is 2.56. The number of nitrogens with one attached hydrogen (secondary N) is 1. The number of carboxylic acids is 1. The summed E-state index contributed by atoms with van der Waals surface area (Å²) in [5.74, 6) is -1.09. The van der Waals surface area contributed by atoms with Crippen LogP contribution in [-0.2, 0) is 0 Å². The van der Waals surface area contributed by atoms with Crippen molar-refractivity contribution in [2.45, 2.75) is 44.6 Å². The van der Waals surface area contributed by atoms with E-state index < -0.39 is 11.7 Å². The fourth-order valence-corrected chi connectivity index (χ4v) is 3.21. The average molecular weight is 302 g/mol. The third-order valence-corrected chi connectivity index (χ3v) is 4.37. The maximum absolute atomic E-state index is 12.6. The maximum Gasteiger partial charge on any atom is 0.335 e. The number of aromatic carboxylic acids is 1. The van der Waals surface area contributed by atoms with Crippen molar-refractivity contribution in [1.29, 1.82) is 0 Å². The van der Waals surface area contributed by atoms with Gasteiger partial charge in [0, 0.05) is 6.04 Å². The second-order valence-corrected chi connectivity index (χ2v) is 5.82. The summed E-state index contributed by atoms with van der Waals surface area (Å²) < 4.78 is 1.31. The first kappa shape index (κ1) is 14.6. The molecule has 1 aliphatic rings. The summed E-state index contributed by atoms with van der Waals surface area (Å²) in [5, 5.41) is 9.35. The molecule has 116 valence electrons. The van der Waals surface area contributed by atoms with Crippen LogP contribution >= 0.6 is 0 Å². The van der Waals surface area contributed by atoms with Crippen molar-refractivity contribution in [2.75, 3.05) is 0 Å². The summed E-state index contributed by atoms with van der Waals surface area (Å²) in [5.41, 5.74) is -0.455. The zero-order valence-corrected chi connectivity index (χ0v) is 12.2. The lowest BCUT2D eigenvalue weighted by atomic mass is 10.1. The van der Waals surface area contributed by atoms with E-state index >= 15 is 0 Å². The number of hydrogen-bond donors (Lipinski definition) is 2. The molecular formula is C16H18N2O4. The Morgan fingerprint density at radius 2 is 1.82 bits per heavy atom. The van der Waals surface area contributed by atoms with Crippen molar-refractivity contribution in [2.24, 2.45) is 0 Å². The summed E-state index contributed by atoms with van der Waals surface area (Å²) in [4.78, 5) is 38.6. The molecule has 0 aliphatic heterocycles. The highest BCUT2D eigenvalue weighted by Crippen LogP contribution is 2.25. The second-order valence-electron chi connectivity index (χ2n) is 5.82. The molecule has 1 saturated carbocycles. The molecule has 2 N–H and O–H groups in total. The van der Waals surface area contributed by atoms with Crippen LogP contribution in [0.2, 0.25) is 0 Å². The van der Waals surface area contributed by atoms with E-state index in [0.29, 0.717) is 5.39 Å². The molecule has 1 fully saturated rings. The van der Waals surface area contributed by atoms with Gasteiger partial charge in [-0.15, -0.1) is 0 Å². The van der Waals surface area contributed by atoms with E-state index in [-0.39, 0.29) is 22.7 Å². The van der Waals surface area contributed by atoms with Crippen LogP contribution in [0.1, 0.15) is 54.9 Å². The Labute approximate surface area is 126 Å². The van der Waals surface area contributed by atoms with E-state index in [9.17, 15) is 14.4 Å². The van der Waals surface area contributed by atoms with E-state index in [4.69, 9.17) is 5.11 Å². The summed E-state index contributed by atoms with van der Waals surface area (Å²) in [6.45, 7) is 0. The Hall–Kier alpha value is -2.37. The molecular weight excluding hydrogens is 284 g/mol. The van der Waals surface area contributed by atoms with E-state index in [1.165, 1.54) is 22.8 Å². The summed E-state index contributed by atoms with van der Waals surface area (Å²) in [6, 6.07) is 4.13. The Morgan fingerprint density at radius 1 is 1.14 bits per heavy atom. The van der Waals surface area contributed by atoms with Crippen molar-refractivity contribution in [3.05, 3.63) is 44.6 Å². The molecule has 1 aromatic carbocycles. The molecule has 22 heavy (non-hydrogen) atoms. The smallest absolute Gasteiger partial charge is 0.335 e. The highest BCUT2D eigenvalue weighted by molar-refractivity contribution is 5.92. The van der Waals surface area contributed by atoms with Crippen molar-refractivity contribution in [3.63, 3.8) is 0 Å². The molecule has 1 heterocycles. The van der Waals surface area contributed by atoms with Crippen LogP contribution in [0.25, 0.3) is 10.9 Å². The molecule has 0 atom stereocenters. The molecule has 0 unspecified atom stereocenters. The molecule has 3 rings (SSSR count). The van der Waals surface area contributed by atoms with E-state index in [0.717, 1.165) is 38.5 Å². The zero-order valence-electron chi connectivity index (χ0n) is 12.2. The third-order valence-electron chi connectivity index (χ3n) is 4.37. The number of aromatic nitrogens is 2. The first-order chi connectivity index (χ1) is 10.6. The van der Waals surface area contributed by atoms with Gasteiger partial charge in [0.1, 0.15) is 0 Å². The summed E-state index contributed by atoms with van der Waals surface area (Å²) in [7, 11) is 0. The van der Waals surface area contributed by atoms with Gasteiger partial charge in [-0.25, -0.2) is 9.59 Å². The van der Waals surface area contributed by atoms with Gasteiger partial charge < -0.3 is 10.1 Å². The molecule has 1 aromatic heterocycles. The number of aromatic amines is 1. The number of rotatable bonds is 2. The van der Waals surface area contributed by atoms with Crippen LogP contribution in [-0.4, -0.2) is 20.6 Å². The highest BCUT2D eigenvalue weighted by Gasteiger charge is 2.19. The van der Waals surface area contributed by atoms with Crippen molar-refractivity contribution in [3.8, 4) is 0 Å². The van der Waals surface area contributed by atoms with Gasteiger partial charge >= 0.3 is 11.7 Å². The van der Waals surface area contributed by atoms with Crippen LogP contribution in [0, 0.1) is 0 Å². The molecule has 2 aromatic rings. The van der Waals surface area contributed by atoms with Crippen LogP contribution in [0.4, 0.5) is 0 Å². The largest absolute Gasteiger partial charge is 0.478 e. The minimum Gasteiger partial charge on any atom is -0.478 e. The van der Waals surface area contributed by atoms with Gasteiger partial charge in [-0.2, -0.15) is 0 Å². The number of H-pyrrole nitrogens is 1. The van der Waals surface area contributed by atoms with Gasteiger partial charge in [-0.05, 0) is 31.0 Å². The van der Waals surface area contributed by atoms with Crippen molar-refractivity contribution < 1.29 is 9.90 Å². The molecule has 6 nitrogen and oxygen atoms in total. The Kier molecular flexibility index (Phi) is 3.83. The quantitative estimate of drug-likeness (QED) is 0.832. The van der Waals surface area contributed by atoms with Gasteiger partial charge in [0.05, 0.1) is 16.5 Å². The number of benzene rings is 1. The molecule has 0 amide bonds. The average Bonchev–Trinajstić information content (AvgIpc) is 2.75. The molecule has 6 heteroatoms.